The minimum atomic E-state index is -4.39. The van der Waals surface area contributed by atoms with Crippen LogP contribution >= 0.6 is 0 Å². The topological polar surface area (TPSA) is 61.9 Å². The molecule has 4 rings (SSSR count). The summed E-state index contributed by atoms with van der Waals surface area (Å²) in [5.41, 5.74) is 2.70. The maximum absolute atomic E-state index is 13.2. The van der Waals surface area contributed by atoms with Crippen molar-refractivity contribution in [3.05, 3.63) is 98.2 Å². The number of halogens is 3. The highest BCUT2D eigenvalue weighted by Gasteiger charge is 2.30. The number of alkyl halides is 3. The lowest BCUT2D eigenvalue weighted by Crippen LogP contribution is -2.38. The van der Waals surface area contributed by atoms with E-state index in [0.717, 1.165) is 29.9 Å². The van der Waals surface area contributed by atoms with E-state index in [1.54, 1.807) is 13.0 Å². The van der Waals surface area contributed by atoms with Gasteiger partial charge < -0.3 is 0 Å². The van der Waals surface area contributed by atoms with Crippen LogP contribution in [0.2, 0.25) is 0 Å². The Kier molecular flexibility index (Phi) is 5.85. The van der Waals surface area contributed by atoms with Gasteiger partial charge in [-0.05, 0) is 42.3 Å². The molecule has 0 atom stereocenters. The second kappa shape index (κ2) is 8.60. The second-order valence-electron chi connectivity index (χ2n) is 7.94. The van der Waals surface area contributed by atoms with Gasteiger partial charge in [0, 0.05) is 26.1 Å². The summed E-state index contributed by atoms with van der Waals surface area (Å²) in [6, 6.07) is 14.4. The van der Waals surface area contributed by atoms with Gasteiger partial charge in [-0.25, -0.2) is 4.98 Å². The van der Waals surface area contributed by atoms with Crippen LogP contribution in [0.5, 0.6) is 0 Å². The Balaban J connectivity index is 1.57. The Morgan fingerprint density at radius 3 is 2.53 bits per heavy atom. The standard InChI is InChI=1S/C24H21F3N4O/c1-16-29-22-9-10-30(13-19-4-2-3-18(11-19)12-28)15-21(22)23(32)31(16)14-17-5-7-20(8-6-17)24(25,26)27/h2-8,11H,9-10,13-15H2,1H3. The Morgan fingerprint density at radius 2 is 1.84 bits per heavy atom. The van der Waals surface area contributed by atoms with E-state index < -0.39 is 11.7 Å². The van der Waals surface area contributed by atoms with Crippen LogP contribution in [0.1, 0.15) is 39.3 Å². The first-order valence-electron chi connectivity index (χ1n) is 10.2. The Bertz CT molecular complexity index is 1240. The van der Waals surface area contributed by atoms with Crippen molar-refractivity contribution >= 4 is 0 Å². The number of nitrogens with zero attached hydrogens (tertiary/aromatic N) is 4. The van der Waals surface area contributed by atoms with Gasteiger partial charge in [0.2, 0.25) is 0 Å². The zero-order valence-corrected chi connectivity index (χ0v) is 17.5. The lowest BCUT2D eigenvalue weighted by molar-refractivity contribution is -0.137. The first kappa shape index (κ1) is 21.8. The van der Waals surface area contributed by atoms with E-state index in [0.29, 0.717) is 42.0 Å². The quantitative estimate of drug-likeness (QED) is 0.617. The number of hydrogen-bond acceptors (Lipinski definition) is 4. The largest absolute Gasteiger partial charge is 0.416 e. The predicted molar refractivity (Wildman–Crippen MR) is 113 cm³/mol. The number of aryl methyl sites for hydroxylation is 1. The number of nitriles is 1. The summed E-state index contributed by atoms with van der Waals surface area (Å²) in [6.07, 6.45) is -3.75. The third-order valence-electron chi connectivity index (χ3n) is 5.67. The number of benzene rings is 2. The van der Waals surface area contributed by atoms with E-state index in [1.807, 2.05) is 18.2 Å². The molecule has 0 aliphatic carbocycles. The highest BCUT2D eigenvalue weighted by Crippen LogP contribution is 2.29. The van der Waals surface area contributed by atoms with Crippen LogP contribution in [0, 0.1) is 18.3 Å². The molecule has 1 aromatic heterocycles. The van der Waals surface area contributed by atoms with Crippen LogP contribution in [-0.4, -0.2) is 21.0 Å². The van der Waals surface area contributed by atoms with Crippen molar-refractivity contribution in [3.63, 3.8) is 0 Å². The summed E-state index contributed by atoms with van der Waals surface area (Å²) in [4.78, 5) is 20.0. The third-order valence-corrected chi connectivity index (χ3v) is 5.67. The van der Waals surface area contributed by atoms with E-state index in [9.17, 15) is 18.0 Å². The Morgan fingerprint density at radius 1 is 1.09 bits per heavy atom. The second-order valence-corrected chi connectivity index (χ2v) is 7.94. The molecule has 0 bridgehead atoms. The normalized spacial score (nSPS) is 14.1. The molecule has 1 aliphatic heterocycles. The molecule has 0 spiro atoms. The average Bonchev–Trinajstić information content (AvgIpc) is 2.77. The third kappa shape index (κ3) is 4.58. The molecule has 2 aromatic carbocycles. The van der Waals surface area contributed by atoms with Crippen molar-refractivity contribution in [2.24, 2.45) is 0 Å². The maximum Gasteiger partial charge on any atom is 0.416 e. The van der Waals surface area contributed by atoms with Crippen molar-refractivity contribution in [2.75, 3.05) is 6.54 Å². The molecule has 0 saturated heterocycles. The number of hydrogen-bond donors (Lipinski definition) is 0. The molecule has 3 aromatic rings. The summed E-state index contributed by atoms with van der Waals surface area (Å²) in [7, 11) is 0. The molecule has 1 aliphatic rings. The monoisotopic (exact) mass is 438 g/mol. The molecular formula is C24H21F3N4O. The van der Waals surface area contributed by atoms with E-state index in [4.69, 9.17) is 5.26 Å². The van der Waals surface area contributed by atoms with E-state index >= 15 is 0 Å². The van der Waals surface area contributed by atoms with Gasteiger partial charge in [0.25, 0.3) is 5.56 Å². The van der Waals surface area contributed by atoms with Gasteiger partial charge >= 0.3 is 6.18 Å². The smallest absolute Gasteiger partial charge is 0.294 e. The minimum Gasteiger partial charge on any atom is -0.294 e. The number of aromatic nitrogens is 2. The van der Waals surface area contributed by atoms with E-state index in [-0.39, 0.29) is 12.1 Å². The van der Waals surface area contributed by atoms with Crippen LogP contribution in [-0.2, 0) is 32.2 Å². The molecule has 164 valence electrons. The highest BCUT2D eigenvalue weighted by atomic mass is 19.4. The Labute approximate surface area is 183 Å². The van der Waals surface area contributed by atoms with Crippen molar-refractivity contribution in [3.8, 4) is 6.07 Å². The summed E-state index contributed by atoms with van der Waals surface area (Å²) < 4.78 is 40.0. The molecule has 0 fully saturated rings. The van der Waals surface area contributed by atoms with Crippen LogP contribution in [0.4, 0.5) is 13.2 Å². The van der Waals surface area contributed by atoms with Gasteiger partial charge in [0.05, 0.1) is 35.0 Å². The maximum atomic E-state index is 13.2. The van der Waals surface area contributed by atoms with Crippen LogP contribution in [0.3, 0.4) is 0 Å². The SMILES string of the molecule is Cc1nc2c(c(=O)n1Cc1ccc(C(F)(F)F)cc1)CN(Cc1cccc(C#N)c1)CC2. The lowest BCUT2D eigenvalue weighted by atomic mass is 10.0. The molecule has 0 amide bonds. The van der Waals surface area contributed by atoms with Crippen molar-refractivity contribution in [2.45, 2.75) is 39.2 Å². The molecular weight excluding hydrogens is 417 g/mol. The van der Waals surface area contributed by atoms with Crippen molar-refractivity contribution in [1.29, 1.82) is 5.26 Å². The summed E-state index contributed by atoms with van der Waals surface area (Å²) in [5, 5.41) is 9.10. The first-order chi connectivity index (χ1) is 15.2. The number of fused-ring (bicyclic) bond motifs is 1. The van der Waals surface area contributed by atoms with Gasteiger partial charge in [-0.15, -0.1) is 0 Å². The lowest BCUT2D eigenvalue weighted by Gasteiger charge is -2.28. The summed E-state index contributed by atoms with van der Waals surface area (Å²) >= 11 is 0. The van der Waals surface area contributed by atoms with Crippen LogP contribution in [0.25, 0.3) is 0 Å². The first-order valence-corrected chi connectivity index (χ1v) is 10.2. The fraction of sp³-hybridized carbons (Fsp3) is 0.292. The zero-order chi connectivity index (χ0) is 22.9. The summed E-state index contributed by atoms with van der Waals surface area (Å²) in [6.45, 7) is 3.70. The minimum absolute atomic E-state index is 0.160. The van der Waals surface area contributed by atoms with E-state index in [1.165, 1.54) is 16.7 Å². The highest BCUT2D eigenvalue weighted by molar-refractivity contribution is 5.33. The predicted octanol–water partition coefficient (Wildman–Crippen LogP) is 4.05. The molecule has 2 heterocycles. The fourth-order valence-electron chi connectivity index (χ4n) is 3.99. The average molecular weight is 438 g/mol. The molecule has 32 heavy (non-hydrogen) atoms. The van der Waals surface area contributed by atoms with Gasteiger partial charge in [-0.1, -0.05) is 24.3 Å². The van der Waals surface area contributed by atoms with Crippen molar-refractivity contribution in [1.82, 2.24) is 14.5 Å². The van der Waals surface area contributed by atoms with Crippen LogP contribution < -0.4 is 5.56 Å². The number of rotatable bonds is 4. The van der Waals surface area contributed by atoms with E-state index in [2.05, 4.69) is 16.0 Å². The molecule has 0 unspecified atom stereocenters. The fourth-order valence-corrected chi connectivity index (χ4v) is 3.99. The van der Waals surface area contributed by atoms with Crippen molar-refractivity contribution < 1.29 is 13.2 Å². The van der Waals surface area contributed by atoms with Gasteiger partial charge in [0.1, 0.15) is 5.82 Å². The zero-order valence-electron chi connectivity index (χ0n) is 17.5. The van der Waals surface area contributed by atoms with Gasteiger partial charge in [-0.2, -0.15) is 18.4 Å². The van der Waals surface area contributed by atoms with Crippen LogP contribution in [0.15, 0.2) is 53.3 Å². The molecule has 0 N–H and O–H groups in total. The molecule has 0 saturated carbocycles. The summed E-state index contributed by atoms with van der Waals surface area (Å²) in [5.74, 6) is 0.545. The Hall–Kier alpha value is -3.44. The molecule has 5 nitrogen and oxygen atoms in total. The van der Waals surface area contributed by atoms with Gasteiger partial charge in [0.15, 0.2) is 0 Å². The van der Waals surface area contributed by atoms with Gasteiger partial charge in [-0.3, -0.25) is 14.3 Å². The molecule has 8 heteroatoms. The molecule has 0 radical (unpaired) electrons.